The monoisotopic (exact) mass is 442 g/mol. The lowest BCUT2D eigenvalue weighted by Crippen LogP contribution is -2.47. The number of sulfonamides is 1. The average molecular weight is 443 g/mol. The van der Waals surface area contributed by atoms with Gasteiger partial charge in [-0.3, -0.25) is 4.72 Å². The lowest BCUT2D eigenvalue weighted by Gasteiger charge is -2.45. The van der Waals surface area contributed by atoms with E-state index in [4.69, 9.17) is 0 Å². The van der Waals surface area contributed by atoms with Crippen molar-refractivity contribution >= 4 is 15.7 Å². The molecule has 31 heavy (non-hydrogen) atoms. The summed E-state index contributed by atoms with van der Waals surface area (Å²) in [6, 6.07) is 14.9. The Morgan fingerprint density at radius 3 is 2.45 bits per heavy atom. The van der Waals surface area contributed by atoms with Crippen LogP contribution in [-0.4, -0.2) is 33.0 Å². The summed E-state index contributed by atoms with van der Waals surface area (Å²) in [6.45, 7) is 12.1. The number of para-hydroxylation sites is 1. The summed E-state index contributed by atoms with van der Waals surface area (Å²) < 4.78 is 29.0. The van der Waals surface area contributed by atoms with E-state index in [2.05, 4.69) is 36.5 Å². The van der Waals surface area contributed by atoms with Gasteiger partial charge in [-0.05, 0) is 68.0 Å². The van der Waals surface area contributed by atoms with Crippen LogP contribution in [0.15, 0.2) is 53.4 Å². The van der Waals surface area contributed by atoms with Crippen LogP contribution >= 0.6 is 0 Å². The molecule has 0 amide bonds. The van der Waals surface area contributed by atoms with Crippen molar-refractivity contribution < 1.29 is 8.42 Å². The predicted octanol–water partition coefficient (Wildman–Crippen LogP) is 5.98. The molecule has 0 saturated carbocycles. The zero-order valence-corrected chi connectivity index (χ0v) is 20.3. The van der Waals surface area contributed by atoms with E-state index in [0.29, 0.717) is 16.5 Å². The highest BCUT2D eigenvalue weighted by atomic mass is 32.2. The number of hydrogen-bond donors (Lipinski definition) is 1. The molecule has 0 radical (unpaired) electrons. The van der Waals surface area contributed by atoms with Crippen molar-refractivity contribution in [2.45, 2.75) is 70.1 Å². The SMILES string of the molecule is CCCCCCN1CC[C@](C)(c2ccccc2NS(=O)(=O)c2ccc(C)cc2)[C@H](C)C1. The number of aryl methyl sites for hydroxylation is 1. The Bertz CT molecular complexity index is 956. The molecule has 5 heteroatoms. The molecule has 170 valence electrons. The molecule has 1 N–H and O–H groups in total. The Labute approximate surface area is 189 Å². The van der Waals surface area contributed by atoms with Gasteiger partial charge >= 0.3 is 0 Å². The molecule has 3 rings (SSSR count). The van der Waals surface area contributed by atoms with Crippen LogP contribution in [0.5, 0.6) is 0 Å². The highest BCUT2D eigenvalue weighted by Crippen LogP contribution is 2.43. The molecule has 1 saturated heterocycles. The predicted molar refractivity (Wildman–Crippen MR) is 130 cm³/mol. The molecule has 0 unspecified atom stereocenters. The van der Waals surface area contributed by atoms with Gasteiger partial charge in [-0.25, -0.2) is 8.42 Å². The number of anilines is 1. The molecular weight excluding hydrogens is 404 g/mol. The zero-order chi connectivity index (χ0) is 22.5. The maximum Gasteiger partial charge on any atom is 0.261 e. The zero-order valence-electron chi connectivity index (χ0n) is 19.5. The van der Waals surface area contributed by atoms with Gasteiger partial charge in [-0.2, -0.15) is 0 Å². The molecule has 0 bridgehead atoms. The van der Waals surface area contributed by atoms with Crippen molar-refractivity contribution in [3.63, 3.8) is 0 Å². The summed E-state index contributed by atoms with van der Waals surface area (Å²) in [6.07, 6.45) is 6.19. The minimum absolute atomic E-state index is 0.0632. The number of likely N-dealkylation sites (tertiary alicyclic amines) is 1. The second kappa shape index (κ2) is 10.2. The minimum atomic E-state index is -3.62. The number of nitrogens with zero attached hydrogens (tertiary/aromatic N) is 1. The van der Waals surface area contributed by atoms with Crippen molar-refractivity contribution in [2.75, 3.05) is 24.4 Å². The quantitative estimate of drug-likeness (QED) is 0.486. The van der Waals surface area contributed by atoms with E-state index < -0.39 is 10.0 Å². The molecule has 2 aromatic rings. The van der Waals surface area contributed by atoms with Gasteiger partial charge in [0.25, 0.3) is 10.0 Å². The van der Waals surface area contributed by atoms with Crippen LogP contribution in [-0.2, 0) is 15.4 Å². The maximum absolute atomic E-state index is 13.0. The van der Waals surface area contributed by atoms with E-state index in [0.717, 1.165) is 30.6 Å². The second-order valence-corrected chi connectivity index (χ2v) is 11.1. The summed E-state index contributed by atoms with van der Waals surface area (Å²) in [5.74, 6) is 0.442. The van der Waals surface area contributed by atoms with Crippen LogP contribution in [0.3, 0.4) is 0 Å². The number of nitrogens with one attached hydrogen (secondary N) is 1. The lowest BCUT2D eigenvalue weighted by atomic mass is 9.67. The van der Waals surface area contributed by atoms with Crippen molar-refractivity contribution in [1.29, 1.82) is 0 Å². The average Bonchev–Trinajstić information content (AvgIpc) is 2.74. The number of rotatable bonds is 9. The molecule has 0 aromatic heterocycles. The maximum atomic E-state index is 13.0. The van der Waals surface area contributed by atoms with Crippen molar-refractivity contribution in [2.24, 2.45) is 5.92 Å². The molecular formula is C26H38N2O2S. The molecule has 2 aromatic carbocycles. The Kier molecular flexibility index (Phi) is 7.82. The highest BCUT2D eigenvalue weighted by molar-refractivity contribution is 7.92. The third-order valence-corrected chi connectivity index (χ3v) is 8.39. The lowest BCUT2D eigenvalue weighted by molar-refractivity contribution is 0.110. The standard InChI is InChI=1S/C26H38N2O2S/c1-5-6-7-10-18-28-19-17-26(4,22(3)20-28)24-11-8-9-12-25(24)27-31(29,30)23-15-13-21(2)14-16-23/h8-9,11-16,22,27H,5-7,10,17-20H2,1-4H3/t22-,26+/m1/s1. The number of hydrogen-bond acceptors (Lipinski definition) is 3. The molecule has 0 spiro atoms. The summed E-state index contributed by atoms with van der Waals surface area (Å²) in [4.78, 5) is 2.88. The highest BCUT2D eigenvalue weighted by Gasteiger charge is 2.39. The number of unbranched alkanes of at least 4 members (excludes halogenated alkanes) is 3. The topological polar surface area (TPSA) is 49.4 Å². The molecule has 0 aliphatic carbocycles. The number of benzene rings is 2. The largest absolute Gasteiger partial charge is 0.303 e. The van der Waals surface area contributed by atoms with Crippen LogP contribution in [0, 0.1) is 12.8 Å². The van der Waals surface area contributed by atoms with Crippen LogP contribution in [0.2, 0.25) is 0 Å². The molecule has 2 atom stereocenters. The fraction of sp³-hybridized carbons (Fsp3) is 0.538. The number of piperidine rings is 1. The van der Waals surface area contributed by atoms with Crippen LogP contribution in [0.1, 0.15) is 64.0 Å². The van der Waals surface area contributed by atoms with Gasteiger partial charge in [-0.1, -0.05) is 75.9 Å². The van der Waals surface area contributed by atoms with E-state index in [1.54, 1.807) is 12.1 Å². The Morgan fingerprint density at radius 2 is 1.77 bits per heavy atom. The molecule has 1 aliphatic rings. The van der Waals surface area contributed by atoms with Gasteiger partial charge < -0.3 is 4.90 Å². The Morgan fingerprint density at radius 1 is 1.06 bits per heavy atom. The van der Waals surface area contributed by atoms with Crippen molar-refractivity contribution in [3.05, 3.63) is 59.7 Å². The van der Waals surface area contributed by atoms with Crippen LogP contribution in [0.4, 0.5) is 5.69 Å². The summed E-state index contributed by atoms with van der Waals surface area (Å²) in [7, 11) is -3.62. The van der Waals surface area contributed by atoms with Gasteiger partial charge in [0.1, 0.15) is 0 Å². The third-order valence-electron chi connectivity index (χ3n) is 7.01. The van der Waals surface area contributed by atoms with E-state index in [1.807, 2.05) is 37.3 Å². The van der Waals surface area contributed by atoms with Crippen molar-refractivity contribution in [3.8, 4) is 0 Å². The molecule has 4 nitrogen and oxygen atoms in total. The first-order valence-electron chi connectivity index (χ1n) is 11.7. The minimum Gasteiger partial charge on any atom is -0.303 e. The van der Waals surface area contributed by atoms with Crippen LogP contribution in [0.25, 0.3) is 0 Å². The first-order chi connectivity index (χ1) is 14.8. The third kappa shape index (κ3) is 5.69. The van der Waals surface area contributed by atoms with E-state index in [9.17, 15) is 8.42 Å². The summed E-state index contributed by atoms with van der Waals surface area (Å²) in [5, 5.41) is 0. The summed E-state index contributed by atoms with van der Waals surface area (Å²) in [5.41, 5.74) is 2.78. The Balaban J connectivity index is 1.77. The normalized spacial score (nSPS) is 22.4. The summed E-state index contributed by atoms with van der Waals surface area (Å²) >= 11 is 0. The van der Waals surface area contributed by atoms with Crippen molar-refractivity contribution in [1.82, 2.24) is 4.90 Å². The van der Waals surface area contributed by atoms with Gasteiger partial charge in [-0.15, -0.1) is 0 Å². The molecule has 1 aliphatic heterocycles. The fourth-order valence-electron chi connectivity index (χ4n) is 4.67. The van der Waals surface area contributed by atoms with Gasteiger partial charge in [0, 0.05) is 6.54 Å². The molecule has 1 heterocycles. The van der Waals surface area contributed by atoms with E-state index in [-0.39, 0.29) is 5.41 Å². The second-order valence-electron chi connectivity index (χ2n) is 9.39. The first-order valence-corrected chi connectivity index (χ1v) is 13.2. The van der Waals surface area contributed by atoms with Gasteiger partial charge in [0.05, 0.1) is 10.6 Å². The van der Waals surface area contributed by atoms with E-state index >= 15 is 0 Å². The van der Waals surface area contributed by atoms with Crippen LogP contribution < -0.4 is 4.72 Å². The van der Waals surface area contributed by atoms with E-state index in [1.165, 1.54) is 32.2 Å². The molecule has 1 fully saturated rings. The first kappa shape index (κ1) is 23.8. The van der Waals surface area contributed by atoms with Gasteiger partial charge in [0.2, 0.25) is 0 Å². The fourth-order valence-corrected chi connectivity index (χ4v) is 5.75. The van der Waals surface area contributed by atoms with Gasteiger partial charge in [0.15, 0.2) is 0 Å². The smallest absolute Gasteiger partial charge is 0.261 e. The Hall–Kier alpha value is -1.85.